The van der Waals surface area contributed by atoms with Crippen LogP contribution in [-0.2, 0) is 13.1 Å². The summed E-state index contributed by atoms with van der Waals surface area (Å²) >= 11 is 5.79. The highest BCUT2D eigenvalue weighted by Crippen LogP contribution is 2.35. The summed E-state index contributed by atoms with van der Waals surface area (Å²) in [7, 11) is 1.65. The third-order valence-corrected chi connectivity index (χ3v) is 6.82. The summed E-state index contributed by atoms with van der Waals surface area (Å²) in [6.07, 6.45) is 0.988. The number of nitrogens with one attached hydrogen (secondary N) is 2. The number of benzene rings is 2. The quantitative estimate of drug-likeness (QED) is 0.297. The Balaban J connectivity index is 1.52. The fraction of sp³-hybridized carbons (Fsp3) is 0.407. The molecule has 4 rings (SSSR count). The van der Waals surface area contributed by atoms with Crippen molar-refractivity contribution in [2.24, 2.45) is 0 Å². The first-order valence-electron chi connectivity index (χ1n) is 12.3. The number of thiocarbonyl (C=S) groups is 1. The van der Waals surface area contributed by atoms with Crippen molar-refractivity contribution in [3.05, 3.63) is 63.9 Å². The molecule has 2 aromatic carbocycles. The summed E-state index contributed by atoms with van der Waals surface area (Å²) in [5.74, 6) is 2.12. The van der Waals surface area contributed by atoms with Crippen LogP contribution in [0.4, 0.5) is 0 Å². The lowest BCUT2D eigenvalue weighted by atomic mass is 10.1. The maximum Gasteiger partial charge on any atom is 0.253 e. The number of nitrogens with zero attached hydrogens (tertiary/aromatic N) is 2. The smallest absolute Gasteiger partial charge is 0.253 e. The molecule has 0 fully saturated rings. The first-order chi connectivity index (χ1) is 17.5. The standard InChI is InChI=1S/C27H34N4O4S/c1-4-30(5-2)12-6-11-28-27(36)31(16-19-7-9-22(33-3)10-8-19)17-21-13-20-14-24-25(35-18-34-24)15-23(20)29-26(21)32/h7-10,13-15H,4-6,11-12,16-18H2,1-3H3,(H,28,36)(H,29,32). The number of pyridine rings is 1. The van der Waals surface area contributed by atoms with Gasteiger partial charge in [-0.15, -0.1) is 0 Å². The molecule has 9 heteroatoms. The van der Waals surface area contributed by atoms with Gasteiger partial charge in [0.15, 0.2) is 16.6 Å². The number of rotatable bonds is 11. The molecule has 0 saturated carbocycles. The van der Waals surface area contributed by atoms with Gasteiger partial charge in [0.05, 0.1) is 19.2 Å². The van der Waals surface area contributed by atoms with Crippen LogP contribution in [0.25, 0.3) is 10.9 Å². The van der Waals surface area contributed by atoms with E-state index in [-0.39, 0.29) is 12.4 Å². The number of fused-ring (bicyclic) bond motifs is 2. The number of ether oxygens (including phenoxy) is 3. The molecule has 0 amide bonds. The van der Waals surface area contributed by atoms with Gasteiger partial charge in [-0.1, -0.05) is 26.0 Å². The minimum Gasteiger partial charge on any atom is -0.497 e. The second-order valence-electron chi connectivity index (χ2n) is 8.73. The summed E-state index contributed by atoms with van der Waals surface area (Å²) in [5, 5.41) is 4.90. The van der Waals surface area contributed by atoms with Crippen molar-refractivity contribution in [3.63, 3.8) is 0 Å². The van der Waals surface area contributed by atoms with E-state index >= 15 is 0 Å². The van der Waals surface area contributed by atoms with Crippen LogP contribution in [-0.4, -0.2) is 60.0 Å². The lowest BCUT2D eigenvalue weighted by Gasteiger charge is -2.26. The highest BCUT2D eigenvalue weighted by atomic mass is 32.1. The Kier molecular flexibility index (Phi) is 8.66. The van der Waals surface area contributed by atoms with Crippen molar-refractivity contribution in [2.45, 2.75) is 33.4 Å². The van der Waals surface area contributed by atoms with Crippen molar-refractivity contribution in [2.75, 3.05) is 40.1 Å². The summed E-state index contributed by atoms with van der Waals surface area (Å²) in [5.41, 5.74) is 2.27. The van der Waals surface area contributed by atoms with Gasteiger partial charge in [0.2, 0.25) is 6.79 Å². The van der Waals surface area contributed by atoms with Crippen LogP contribution < -0.4 is 25.1 Å². The largest absolute Gasteiger partial charge is 0.497 e. The maximum absolute atomic E-state index is 13.0. The first kappa shape index (κ1) is 25.8. The summed E-state index contributed by atoms with van der Waals surface area (Å²) in [4.78, 5) is 20.4. The summed E-state index contributed by atoms with van der Waals surface area (Å²) in [6, 6.07) is 13.5. The van der Waals surface area contributed by atoms with Crippen LogP contribution in [0.2, 0.25) is 0 Å². The second-order valence-corrected chi connectivity index (χ2v) is 9.12. The number of aromatic amines is 1. The zero-order chi connectivity index (χ0) is 25.5. The second kappa shape index (κ2) is 12.1. The highest BCUT2D eigenvalue weighted by molar-refractivity contribution is 7.80. The Labute approximate surface area is 217 Å². The number of hydrogen-bond donors (Lipinski definition) is 2. The SMILES string of the molecule is CCN(CC)CCCNC(=S)N(Cc1ccc(OC)cc1)Cc1cc2cc3c(cc2[nH]c1=O)OCO3. The van der Waals surface area contributed by atoms with Crippen LogP contribution in [0.5, 0.6) is 17.2 Å². The van der Waals surface area contributed by atoms with Crippen molar-refractivity contribution in [1.29, 1.82) is 0 Å². The van der Waals surface area contributed by atoms with E-state index in [1.165, 1.54) is 0 Å². The van der Waals surface area contributed by atoms with Gasteiger partial charge in [-0.3, -0.25) is 4.79 Å². The number of H-pyrrole nitrogens is 1. The van der Waals surface area contributed by atoms with E-state index in [1.807, 2.05) is 41.3 Å². The minimum atomic E-state index is -0.148. The Bertz CT molecular complexity index is 1240. The molecule has 0 spiro atoms. The van der Waals surface area contributed by atoms with Crippen molar-refractivity contribution < 1.29 is 14.2 Å². The van der Waals surface area contributed by atoms with E-state index in [0.717, 1.165) is 49.3 Å². The first-order valence-corrected chi connectivity index (χ1v) is 12.7. The van der Waals surface area contributed by atoms with Gasteiger partial charge in [-0.05, 0) is 68.1 Å². The molecule has 0 radical (unpaired) electrons. The average Bonchev–Trinajstić information content (AvgIpc) is 3.35. The molecule has 0 unspecified atom stereocenters. The molecule has 0 atom stereocenters. The van der Waals surface area contributed by atoms with E-state index in [9.17, 15) is 4.79 Å². The lowest BCUT2D eigenvalue weighted by molar-refractivity contribution is 0.174. The predicted molar refractivity (Wildman–Crippen MR) is 146 cm³/mol. The molecular formula is C27H34N4O4S. The van der Waals surface area contributed by atoms with Gasteiger partial charge in [0, 0.05) is 30.1 Å². The molecule has 2 heterocycles. The fourth-order valence-electron chi connectivity index (χ4n) is 4.26. The van der Waals surface area contributed by atoms with Gasteiger partial charge in [-0.25, -0.2) is 0 Å². The molecule has 0 aliphatic carbocycles. The van der Waals surface area contributed by atoms with E-state index in [0.29, 0.717) is 40.8 Å². The third kappa shape index (κ3) is 6.27. The van der Waals surface area contributed by atoms with Crippen LogP contribution in [0, 0.1) is 0 Å². The van der Waals surface area contributed by atoms with Gasteiger partial charge < -0.3 is 34.3 Å². The molecule has 1 aliphatic rings. The number of hydrogen-bond acceptors (Lipinski definition) is 6. The lowest BCUT2D eigenvalue weighted by Crippen LogP contribution is -2.41. The molecular weight excluding hydrogens is 476 g/mol. The zero-order valence-corrected chi connectivity index (χ0v) is 22.0. The molecule has 8 nitrogen and oxygen atoms in total. The normalized spacial score (nSPS) is 12.2. The molecule has 36 heavy (non-hydrogen) atoms. The topological polar surface area (TPSA) is 79.1 Å². The summed E-state index contributed by atoms with van der Waals surface area (Å²) < 4.78 is 16.2. The number of aromatic nitrogens is 1. The van der Waals surface area contributed by atoms with Crippen LogP contribution in [0.3, 0.4) is 0 Å². The van der Waals surface area contributed by atoms with Crippen molar-refractivity contribution in [3.8, 4) is 17.2 Å². The molecule has 2 N–H and O–H groups in total. The minimum absolute atomic E-state index is 0.148. The van der Waals surface area contributed by atoms with Crippen molar-refractivity contribution >= 4 is 28.2 Å². The molecule has 192 valence electrons. The van der Waals surface area contributed by atoms with E-state index in [1.54, 1.807) is 13.2 Å². The van der Waals surface area contributed by atoms with Gasteiger partial charge in [0.25, 0.3) is 5.56 Å². The molecule has 0 saturated heterocycles. The molecule has 1 aromatic heterocycles. The Morgan fingerprint density at radius 3 is 2.50 bits per heavy atom. The Morgan fingerprint density at radius 2 is 1.81 bits per heavy atom. The van der Waals surface area contributed by atoms with Gasteiger partial charge in [0.1, 0.15) is 5.75 Å². The van der Waals surface area contributed by atoms with Gasteiger partial charge >= 0.3 is 0 Å². The molecule has 1 aliphatic heterocycles. The third-order valence-electron chi connectivity index (χ3n) is 6.42. The van der Waals surface area contributed by atoms with E-state index in [2.05, 4.69) is 29.0 Å². The Hall–Kier alpha value is -3.30. The van der Waals surface area contributed by atoms with Crippen molar-refractivity contribution in [1.82, 2.24) is 20.1 Å². The molecule has 3 aromatic rings. The number of methoxy groups -OCH3 is 1. The summed E-state index contributed by atoms with van der Waals surface area (Å²) in [6.45, 7) is 9.32. The molecule has 0 bridgehead atoms. The maximum atomic E-state index is 13.0. The highest BCUT2D eigenvalue weighted by Gasteiger charge is 2.18. The van der Waals surface area contributed by atoms with Gasteiger partial charge in [-0.2, -0.15) is 0 Å². The van der Waals surface area contributed by atoms with E-state index < -0.39 is 0 Å². The van der Waals surface area contributed by atoms with Crippen LogP contribution in [0.1, 0.15) is 31.4 Å². The average molecular weight is 511 g/mol. The van der Waals surface area contributed by atoms with Crippen LogP contribution in [0.15, 0.2) is 47.3 Å². The fourth-order valence-corrected chi connectivity index (χ4v) is 4.50. The zero-order valence-electron chi connectivity index (χ0n) is 21.1. The Morgan fingerprint density at radius 1 is 1.08 bits per heavy atom. The monoisotopic (exact) mass is 510 g/mol. The predicted octanol–water partition coefficient (Wildman–Crippen LogP) is 3.87. The van der Waals surface area contributed by atoms with E-state index in [4.69, 9.17) is 26.4 Å². The van der Waals surface area contributed by atoms with Crippen LogP contribution >= 0.6 is 12.2 Å².